The summed E-state index contributed by atoms with van der Waals surface area (Å²) < 4.78 is 53.1. The maximum atomic E-state index is 11.5. The van der Waals surface area contributed by atoms with E-state index in [1.54, 1.807) is 0 Å². The average molecular weight is 175 g/mol. The minimum atomic E-state index is -6.13. The largest absolute Gasteiger partial charge is 0.486 e. The van der Waals surface area contributed by atoms with Crippen molar-refractivity contribution < 1.29 is 25.9 Å². The minimum Gasteiger partial charge on any atom is -0.211 e. The lowest BCUT2D eigenvalue weighted by molar-refractivity contribution is 0.0965. The van der Waals surface area contributed by atoms with Crippen LogP contribution < -0.4 is 0 Å². The summed E-state index contributed by atoms with van der Waals surface area (Å²) in [6, 6.07) is 0. The molecule has 0 heterocycles. The van der Waals surface area contributed by atoms with Gasteiger partial charge in [-0.2, -0.15) is 17.2 Å². The third kappa shape index (κ3) is 1.82. The number of nitrogens with zero attached hydrogens (tertiary/aromatic N) is 1. The van der Waals surface area contributed by atoms with Crippen molar-refractivity contribution in [3.63, 3.8) is 0 Å². The van der Waals surface area contributed by atoms with E-state index in [-0.39, 0.29) is 6.08 Å². The van der Waals surface area contributed by atoms with Crippen LogP contribution in [0, 0.1) is 0 Å². The summed E-state index contributed by atoms with van der Waals surface area (Å²) in [5.41, 5.74) is 0. The van der Waals surface area contributed by atoms with Crippen molar-refractivity contribution in [2.24, 2.45) is 4.99 Å². The molecule has 0 aliphatic carbocycles. The fourth-order valence-electron chi connectivity index (χ4n) is 0.108. The first-order valence-electron chi connectivity index (χ1n) is 1.72. The van der Waals surface area contributed by atoms with Gasteiger partial charge in [0.05, 0.1) is 0 Å². The van der Waals surface area contributed by atoms with E-state index in [2.05, 4.69) is 0 Å². The van der Waals surface area contributed by atoms with Gasteiger partial charge in [0, 0.05) is 0 Å². The zero-order valence-corrected chi connectivity index (χ0v) is 5.03. The normalized spacial score (nSPS) is 12.3. The van der Waals surface area contributed by atoms with E-state index in [0.29, 0.717) is 0 Å². The van der Waals surface area contributed by atoms with Crippen molar-refractivity contribution in [2.75, 3.05) is 0 Å². The lowest BCUT2D eigenvalue weighted by Crippen LogP contribution is -2.21. The average Bonchev–Trinajstić information content (AvgIpc) is 1.61. The van der Waals surface area contributed by atoms with Crippen molar-refractivity contribution in [3.8, 4) is 0 Å². The van der Waals surface area contributed by atoms with Gasteiger partial charge < -0.3 is 0 Å². The molecule has 0 N–H and O–H groups in total. The van der Waals surface area contributed by atoms with Gasteiger partial charge in [-0.3, -0.25) is 0 Å². The Balaban J connectivity index is 4.94. The highest BCUT2D eigenvalue weighted by Gasteiger charge is 2.46. The van der Waals surface area contributed by atoms with E-state index in [1.165, 1.54) is 4.99 Å². The Morgan fingerprint density at radius 2 is 1.80 bits per heavy atom. The Hall–Kier alpha value is -0.880. The summed E-state index contributed by atoms with van der Waals surface area (Å²) in [6.07, 6.45) is 0.220. The van der Waals surface area contributed by atoms with Gasteiger partial charge in [0.2, 0.25) is 6.08 Å². The number of hydrogen-bond donors (Lipinski definition) is 0. The molecule has 0 aliphatic heterocycles. The first-order valence-corrected chi connectivity index (χ1v) is 3.10. The van der Waals surface area contributed by atoms with Gasteiger partial charge in [0.25, 0.3) is 0 Å². The second kappa shape index (κ2) is 2.39. The monoisotopic (exact) mass is 175 g/mol. The zero-order valence-electron chi connectivity index (χ0n) is 4.21. The highest BCUT2D eigenvalue weighted by Crippen LogP contribution is 2.23. The number of halogens is 3. The fourth-order valence-corrected chi connectivity index (χ4v) is 0.254. The molecule has 0 aromatic rings. The van der Waals surface area contributed by atoms with Gasteiger partial charge in [0.15, 0.2) is 0 Å². The Bertz CT molecular complexity index is 263. The van der Waals surface area contributed by atoms with Crippen molar-refractivity contribution in [3.05, 3.63) is 0 Å². The molecule has 0 bridgehead atoms. The van der Waals surface area contributed by atoms with Crippen molar-refractivity contribution in [1.82, 2.24) is 0 Å². The van der Waals surface area contributed by atoms with Crippen molar-refractivity contribution in [2.45, 2.75) is 5.38 Å². The molecule has 10 heavy (non-hydrogen) atoms. The summed E-state index contributed by atoms with van der Waals surface area (Å²) in [4.78, 5) is 10.5. The molecule has 0 atom stereocenters. The molecule has 0 saturated heterocycles. The van der Waals surface area contributed by atoms with Crippen LogP contribution in [0.2, 0.25) is 0 Å². The van der Waals surface area contributed by atoms with E-state index in [0.717, 1.165) is 0 Å². The number of rotatable bonds is 2. The highest BCUT2D eigenvalue weighted by atomic mass is 32.3. The van der Waals surface area contributed by atoms with Gasteiger partial charge in [-0.05, 0) is 0 Å². The first-order chi connectivity index (χ1) is 4.31. The number of alkyl halides is 2. The Kier molecular flexibility index (Phi) is 2.18. The van der Waals surface area contributed by atoms with Gasteiger partial charge in [0.1, 0.15) is 0 Å². The Labute approximate surface area is 53.6 Å². The fraction of sp³-hybridized carbons (Fsp3) is 0.500. The zero-order chi connectivity index (χ0) is 8.41. The standard InChI is InChI=1S/C2F3NO3S/c3-2(4,6-1-7)10(5,8)9. The van der Waals surface area contributed by atoms with Crippen LogP contribution in [0.4, 0.5) is 12.7 Å². The molecule has 0 fully saturated rings. The number of hydrogen-bond acceptors (Lipinski definition) is 4. The molecule has 8 heteroatoms. The maximum absolute atomic E-state index is 11.5. The number of isocyanates is 1. The van der Waals surface area contributed by atoms with E-state index < -0.39 is 15.6 Å². The summed E-state index contributed by atoms with van der Waals surface area (Å²) in [7, 11) is -6.13. The van der Waals surface area contributed by atoms with E-state index in [1.807, 2.05) is 0 Å². The second-order valence-electron chi connectivity index (χ2n) is 1.13. The van der Waals surface area contributed by atoms with Gasteiger partial charge in [-0.25, -0.2) is 4.79 Å². The third-order valence-electron chi connectivity index (χ3n) is 0.469. The SMILES string of the molecule is O=C=NC(F)(F)S(=O)(=O)F. The van der Waals surface area contributed by atoms with Crippen LogP contribution in [0.1, 0.15) is 0 Å². The minimum absolute atomic E-state index is 0.220. The van der Waals surface area contributed by atoms with Gasteiger partial charge in [-0.1, -0.05) is 3.89 Å². The summed E-state index contributed by atoms with van der Waals surface area (Å²) in [5.74, 6) is 0. The molecule has 58 valence electrons. The van der Waals surface area contributed by atoms with Crippen molar-refractivity contribution >= 4 is 16.3 Å². The lowest BCUT2D eigenvalue weighted by Gasteiger charge is -1.99. The van der Waals surface area contributed by atoms with E-state index in [9.17, 15) is 21.1 Å². The van der Waals surface area contributed by atoms with E-state index in [4.69, 9.17) is 4.79 Å². The molecule has 0 amide bonds. The van der Waals surface area contributed by atoms with Crippen LogP contribution in [-0.4, -0.2) is 19.9 Å². The Morgan fingerprint density at radius 3 is 1.90 bits per heavy atom. The molecule has 0 aromatic heterocycles. The molecule has 0 spiro atoms. The summed E-state index contributed by atoms with van der Waals surface area (Å²) >= 11 is 0. The van der Waals surface area contributed by atoms with Crippen LogP contribution >= 0.6 is 0 Å². The smallest absolute Gasteiger partial charge is 0.211 e. The molecule has 0 aromatic carbocycles. The quantitative estimate of drug-likeness (QED) is 0.260. The van der Waals surface area contributed by atoms with Crippen LogP contribution in [0.5, 0.6) is 0 Å². The predicted octanol–water partition coefficient (Wildman–Crippen LogP) is 0.172. The molecular weight excluding hydrogens is 175 g/mol. The molecule has 0 saturated carbocycles. The van der Waals surface area contributed by atoms with E-state index >= 15 is 0 Å². The molecular formula is C2F3NO3S. The molecule has 0 aliphatic rings. The second-order valence-corrected chi connectivity index (χ2v) is 2.49. The predicted molar refractivity (Wildman–Crippen MR) is 23.1 cm³/mol. The Morgan fingerprint density at radius 1 is 1.40 bits per heavy atom. The molecule has 0 unspecified atom stereocenters. The molecule has 0 rings (SSSR count). The van der Waals surface area contributed by atoms with Crippen LogP contribution in [-0.2, 0) is 15.0 Å². The summed E-state index contributed by atoms with van der Waals surface area (Å²) in [5, 5.41) is -5.01. The van der Waals surface area contributed by atoms with Crippen LogP contribution in [0.15, 0.2) is 4.99 Å². The maximum Gasteiger partial charge on any atom is 0.486 e. The topological polar surface area (TPSA) is 63.6 Å². The third-order valence-corrected chi connectivity index (χ3v) is 1.15. The molecule has 0 radical (unpaired) electrons. The van der Waals surface area contributed by atoms with Gasteiger partial charge >= 0.3 is 15.6 Å². The first kappa shape index (κ1) is 9.12. The van der Waals surface area contributed by atoms with Crippen molar-refractivity contribution in [1.29, 1.82) is 0 Å². The van der Waals surface area contributed by atoms with Gasteiger partial charge in [-0.15, -0.1) is 4.99 Å². The summed E-state index contributed by atoms with van der Waals surface area (Å²) in [6.45, 7) is 0. The molecule has 4 nitrogen and oxygen atoms in total. The number of aliphatic imine (C=N–C) groups is 1. The van der Waals surface area contributed by atoms with Crippen LogP contribution in [0.3, 0.4) is 0 Å². The number of carbonyl (C=O) groups excluding carboxylic acids is 1. The highest BCUT2D eigenvalue weighted by molar-refractivity contribution is 7.87. The lowest BCUT2D eigenvalue weighted by atomic mass is 11.2. The van der Waals surface area contributed by atoms with Crippen LogP contribution in [0.25, 0.3) is 0 Å².